The third-order valence-electron chi connectivity index (χ3n) is 4.11. The van der Waals surface area contributed by atoms with Crippen molar-refractivity contribution in [2.75, 3.05) is 6.54 Å². The van der Waals surface area contributed by atoms with Crippen molar-refractivity contribution in [3.63, 3.8) is 0 Å². The molecule has 0 aromatic heterocycles. The average molecular weight is 339 g/mol. The molecule has 1 N–H and O–H groups in total. The molecule has 2 aromatic rings. The summed E-state index contributed by atoms with van der Waals surface area (Å²) < 4.78 is 5.40. The van der Waals surface area contributed by atoms with Crippen LogP contribution in [0.1, 0.15) is 27.1 Å². The molecule has 3 rings (SSSR count). The molecule has 0 aliphatic carbocycles. The van der Waals surface area contributed by atoms with Gasteiger partial charge < -0.3 is 14.7 Å². The maximum Gasteiger partial charge on any atom is 0.338 e. The largest absolute Gasteiger partial charge is 0.480 e. The molecule has 1 saturated heterocycles. The Hall–Kier alpha value is -3.15. The highest BCUT2D eigenvalue weighted by Gasteiger charge is 2.41. The van der Waals surface area contributed by atoms with E-state index in [9.17, 15) is 19.5 Å². The summed E-state index contributed by atoms with van der Waals surface area (Å²) >= 11 is 0. The minimum atomic E-state index is -1.11. The van der Waals surface area contributed by atoms with Crippen molar-refractivity contribution in [1.82, 2.24) is 4.90 Å². The number of carbonyl (C=O) groups excluding carboxylic acids is 2. The van der Waals surface area contributed by atoms with Crippen molar-refractivity contribution in [3.8, 4) is 0 Å². The van der Waals surface area contributed by atoms with Gasteiger partial charge in [0.25, 0.3) is 5.91 Å². The fourth-order valence-electron chi connectivity index (χ4n) is 2.88. The summed E-state index contributed by atoms with van der Waals surface area (Å²) in [6, 6.07) is 15.9. The molecule has 6 heteroatoms. The number of carboxylic acids is 1. The van der Waals surface area contributed by atoms with Crippen LogP contribution in [0.4, 0.5) is 0 Å². The zero-order chi connectivity index (χ0) is 17.8. The molecular weight excluding hydrogens is 322 g/mol. The molecule has 2 atom stereocenters. The molecule has 128 valence electrons. The van der Waals surface area contributed by atoms with Crippen LogP contribution in [0.2, 0.25) is 0 Å². The lowest BCUT2D eigenvalue weighted by Gasteiger charge is -2.21. The summed E-state index contributed by atoms with van der Waals surface area (Å²) in [5.41, 5.74) is 0.797. The Morgan fingerprint density at radius 3 is 2.04 bits per heavy atom. The van der Waals surface area contributed by atoms with Gasteiger partial charge in [0.15, 0.2) is 0 Å². The van der Waals surface area contributed by atoms with E-state index >= 15 is 0 Å². The zero-order valence-electron chi connectivity index (χ0n) is 13.4. The average Bonchev–Trinajstić information content (AvgIpc) is 3.06. The van der Waals surface area contributed by atoms with Gasteiger partial charge in [-0.25, -0.2) is 9.59 Å². The van der Waals surface area contributed by atoms with E-state index in [1.54, 1.807) is 60.7 Å². The number of amides is 1. The van der Waals surface area contributed by atoms with E-state index in [-0.39, 0.29) is 18.9 Å². The Labute approximate surface area is 144 Å². The Bertz CT molecular complexity index is 775. The first-order chi connectivity index (χ1) is 12.1. The molecule has 0 unspecified atom stereocenters. The maximum atomic E-state index is 12.6. The van der Waals surface area contributed by atoms with Crippen molar-refractivity contribution < 1.29 is 24.2 Å². The molecule has 0 spiro atoms. The summed E-state index contributed by atoms with van der Waals surface area (Å²) in [6.07, 6.45) is -0.576. The first-order valence-electron chi connectivity index (χ1n) is 7.91. The maximum absolute atomic E-state index is 12.6. The number of hydrogen-bond donors (Lipinski definition) is 1. The van der Waals surface area contributed by atoms with Crippen LogP contribution in [0.25, 0.3) is 0 Å². The SMILES string of the molecule is O=C(O[C@@H]1C[C@@H](C(=O)O)N(C(=O)c2ccccc2)C1)c1ccccc1. The Balaban J connectivity index is 1.73. The van der Waals surface area contributed by atoms with Crippen LogP contribution in [0.5, 0.6) is 0 Å². The number of nitrogens with zero attached hydrogens (tertiary/aromatic N) is 1. The van der Waals surface area contributed by atoms with E-state index < -0.39 is 24.1 Å². The summed E-state index contributed by atoms with van der Waals surface area (Å²) in [4.78, 5) is 37.5. The van der Waals surface area contributed by atoms with Crippen LogP contribution in [0.3, 0.4) is 0 Å². The van der Waals surface area contributed by atoms with E-state index in [2.05, 4.69) is 0 Å². The van der Waals surface area contributed by atoms with Crippen molar-refractivity contribution >= 4 is 17.8 Å². The number of esters is 1. The number of ether oxygens (including phenoxy) is 1. The summed E-state index contributed by atoms with van der Waals surface area (Å²) in [5.74, 6) is -2.02. The number of rotatable bonds is 4. The van der Waals surface area contributed by atoms with Gasteiger partial charge in [-0.1, -0.05) is 36.4 Å². The van der Waals surface area contributed by atoms with Gasteiger partial charge in [0.05, 0.1) is 12.1 Å². The van der Waals surface area contributed by atoms with E-state index in [1.807, 2.05) is 0 Å². The molecule has 0 bridgehead atoms. The molecule has 1 aliphatic rings. The van der Waals surface area contributed by atoms with Crippen LogP contribution < -0.4 is 0 Å². The van der Waals surface area contributed by atoms with E-state index in [1.165, 1.54) is 4.90 Å². The Morgan fingerprint density at radius 2 is 1.48 bits per heavy atom. The number of benzene rings is 2. The van der Waals surface area contributed by atoms with Crippen molar-refractivity contribution in [2.24, 2.45) is 0 Å². The van der Waals surface area contributed by atoms with Gasteiger partial charge >= 0.3 is 11.9 Å². The van der Waals surface area contributed by atoms with Gasteiger partial charge in [-0.2, -0.15) is 0 Å². The number of carboxylic acid groups (broad SMARTS) is 1. The molecule has 2 aromatic carbocycles. The molecule has 0 radical (unpaired) electrons. The molecule has 6 nitrogen and oxygen atoms in total. The molecular formula is C19H17NO5. The van der Waals surface area contributed by atoms with Crippen LogP contribution in [0, 0.1) is 0 Å². The first-order valence-corrected chi connectivity index (χ1v) is 7.91. The van der Waals surface area contributed by atoms with Crippen molar-refractivity contribution in [3.05, 3.63) is 71.8 Å². The van der Waals surface area contributed by atoms with Crippen molar-refractivity contribution in [2.45, 2.75) is 18.6 Å². The number of likely N-dealkylation sites (tertiary alicyclic amines) is 1. The van der Waals surface area contributed by atoms with Gasteiger partial charge in [0.2, 0.25) is 0 Å². The molecule has 1 fully saturated rings. The number of carbonyl (C=O) groups is 3. The molecule has 1 amide bonds. The minimum Gasteiger partial charge on any atom is -0.480 e. The number of aliphatic carboxylic acids is 1. The third-order valence-corrected chi connectivity index (χ3v) is 4.11. The predicted octanol–water partition coefficient (Wildman–Crippen LogP) is 2.21. The summed E-state index contributed by atoms with van der Waals surface area (Å²) in [7, 11) is 0. The smallest absolute Gasteiger partial charge is 0.338 e. The predicted molar refractivity (Wildman–Crippen MR) is 89.2 cm³/mol. The van der Waals surface area contributed by atoms with E-state index in [0.29, 0.717) is 11.1 Å². The molecule has 25 heavy (non-hydrogen) atoms. The first kappa shape index (κ1) is 16.7. The molecule has 0 saturated carbocycles. The van der Waals surface area contributed by atoms with Gasteiger partial charge in [0.1, 0.15) is 12.1 Å². The highest BCUT2D eigenvalue weighted by atomic mass is 16.5. The highest BCUT2D eigenvalue weighted by Crippen LogP contribution is 2.24. The topological polar surface area (TPSA) is 83.9 Å². The van der Waals surface area contributed by atoms with Crippen molar-refractivity contribution in [1.29, 1.82) is 0 Å². The summed E-state index contributed by atoms with van der Waals surface area (Å²) in [6.45, 7) is 0.0588. The molecule has 1 aliphatic heterocycles. The second-order valence-corrected chi connectivity index (χ2v) is 5.81. The molecule has 1 heterocycles. The second kappa shape index (κ2) is 7.17. The quantitative estimate of drug-likeness (QED) is 0.864. The van der Waals surface area contributed by atoms with Gasteiger partial charge in [0, 0.05) is 12.0 Å². The third kappa shape index (κ3) is 3.68. The minimum absolute atomic E-state index is 0.0588. The fraction of sp³-hybridized carbons (Fsp3) is 0.211. The van der Waals surface area contributed by atoms with E-state index in [0.717, 1.165) is 0 Å². The highest BCUT2D eigenvalue weighted by molar-refractivity contribution is 5.97. The van der Waals surface area contributed by atoms with Crippen LogP contribution >= 0.6 is 0 Å². The Kier molecular flexibility index (Phi) is 4.79. The number of hydrogen-bond acceptors (Lipinski definition) is 4. The van der Waals surface area contributed by atoms with Crippen LogP contribution in [-0.2, 0) is 9.53 Å². The fourth-order valence-corrected chi connectivity index (χ4v) is 2.88. The lowest BCUT2D eigenvalue weighted by molar-refractivity contribution is -0.141. The normalized spacial score (nSPS) is 19.4. The second-order valence-electron chi connectivity index (χ2n) is 5.81. The monoisotopic (exact) mass is 339 g/mol. The van der Waals surface area contributed by atoms with Gasteiger partial charge in [-0.3, -0.25) is 4.79 Å². The van der Waals surface area contributed by atoms with Gasteiger partial charge in [-0.05, 0) is 24.3 Å². The van der Waals surface area contributed by atoms with E-state index in [4.69, 9.17) is 4.74 Å². The van der Waals surface area contributed by atoms with Crippen LogP contribution in [0.15, 0.2) is 60.7 Å². The van der Waals surface area contributed by atoms with Gasteiger partial charge in [-0.15, -0.1) is 0 Å². The standard InChI is InChI=1S/C19H17NO5/c21-17(13-7-3-1-4-8-13)20-12-15(11-16(20)18(22)23)25-19(24)14-9-5-2-6-10-14/h1-10,15-16H,11-12H2,(H,22,23)/t15-,16+/m1/s1. The lowest BCUT2D eigenvalue weighted by atomic mass is 10.1. The zero-order valence-corrected chi connectivity index (χ0v) is 13.4. The summed E-state index contributed by atoms with van der Waals surface area (Å²) in [5, 5.41) is 9.41. The Morgan fingerprint density at radius 1 is 0.920 bits per heavy atom. The van der Waals surface area contributed by atoms with Crippen LogP contribution in [-0.4, -0.2) is 46.5 Å². The lowest BCUT2D eigenvalue weighted by Crippen LogP contribution is -2.40.